The van der Waals surface area contributed by atoms with Gasteiger partial charge >= 0.3 is 7.12 Å². The number of halogens is 1. The average molecular weight is 295 g/mol. The highest BCUT2D eigenvalue weighted by Crippen LogP contribution is 2.39. The Labute approximate surface area is 125 Å². The third-order valence-electron chi connectivity index (χ3n) is 3.88. The maximum atomic E-state index is 13.7. The van der Waals surface area contributed by atoms with Gasteiger partial charge in [-0.25, -0.2) is 4.39 Å². The lowest BCUT2D eigenvalue weighted by molar-refractivity contribution is 0.00578. The molecule has 0 spiro atoms. The van der Waals surface area contributed by atoms with E-state index in [1.165, 1.54) is 6.20 Å². The Morgan fingerprint density at radius 3 is 2.45 bits per heavy atom. The lowest BCUT2D eigenvalue weighted by Gasteiger charge is -2.32. The molecule has 1 aromatic heterocycles. The van der Waals surface area contributed by atoms with E-state index in [1.807, 2.05) is 27.7 Å². The molecule has 0 aliphatic carbocycles. The summed E-state index contributed by atoms with van der Waals surface area (Å²) in [6, 6.07) is 1.62. The smallest absolute Gasteiger partial charge is 0.400 e. The molecule has 1 fully saturated rings. The van der Waals surface area contributed by atoms with Crippen LogP contribution < -0.4 is 0 Å². The summed E-state index contributed by atoms with van der Waals surface area (Å²) in [5.41, 5.74) is 0.406. The number of rotatable bonds is 3. The highest BCUT2D eigenvalue weighted by Gasteiger charge is 2.52. The SMILES string of the molecule is CC1(C)OB(C(=Cc2ccncc2F)CS)OC1(C)C. The van der Waals surface area contributed by atoms with Crippen LogP contribution in [0, 0.1) is 5.82 Å². The molecule has 108 valence electrons. The Bertz CT molecular complexity index is 518. The second kappa shape index (κ2) is 5.50. The minimum Gasteiger partial charge on any atom is -0.400 e. The highest BCUT2D eigenvalue weighted by molar-refractivity contribution is 7.80. The van der Waals surface area contributed by atoms with Crippen LogP contribution in [0.25, 0.3) is 6.08 Å². The van der Waals surface area contributed by atoms with Gasteiger partial charge in [-0.1, -0.05) is 6.08 Å². The zero-order valence-corrected chi connectivity index (χ0v) is 13.1. The van der Waals surface area contributed by atoms with Gasteiger partial charge < -0.3 is 9.31 Å². The lowest BCUT2D eigenvalue weighted by atomic mass is 9.78. The van der Waals surface area contributed by atoms with Crippen LogP contribution in [0.2, 0.25) is 0 Å². The first-order chi connectivity index (χ1) is 9.27. The van der Waals surface area contributed by atoms with Crippen molar-refractivity contribution in [3.05, 3.63) is 35.3 Å². The molecule has 0 amide bonds. The summed E-state index contributed by atoms with van der Waals surface area (Å²) in [6.07, 6.45) is 4.45. The standard InChI is InChI=1S/C14H19BFNO2S/c1-13(2)14(3,4)19-15(18-13)11(9-20)7-10-5-6-17-8-12(10)16/h5-8,20H,9H2,1-4H3. The maximum absolute atomic E-state index is 13.7. The Morgan fingerprint density at radius 1 is 1.35 bits per heavy atom. The summed E-state index contributed by atoms with van der Waals surface area (Å²) >= 11 is 4.30. The molecule has 0 N–H and O–H groups in total. The van der Waals surface area contributed by atoms with Crippen LogP contribution in [0.15, 0.2) is 23.9 Å². The number of nitrogens with zero attached hydrogens (tertiary/aromatic N) is 1. The Morgan fingerprint density at radius 2 is 1.95 bits per heavy atom. The van der Waals surface area contributed by atoms with Crippen LogP contribution in [0.1, 0.15) is 33.3 Å². The molecule has 1 aliphatic rings. The molecule has 0 radical (unpaired) electrons. The molecule has 6 heteroatoms. The van der Waals surface area contributed by atoms with E-state index < -0.39 is 18.3 Å². The molecule has 0 unspecified atom stereocenters. The average Bonchev–Trinajstić information content (AvgIpc) is 2.57. The number of pyridine rings is 1. The first-order valence-corrected chi connectivity index (χ1v) is 7.16. The Balaban J connectivity index is 2.29. The van der Waals surface area contributed by atoms with Crippen LogP contribution in [0.5, 0.6) is 0 Å². The third kappa shape index (κ3) is 2.92. The fraction of sp³-hybridized carbons (Fsp3) is 0.500. The van der Waals surface area contributed by atoms with Gasteiger partial charge in [-0.05, 0) is 39.2 Å². The largest absolute Gasteiger partial charge is 0.491 e. The third-order valence-corrected chi connectivity index (χ3v) is 4.25. The molecule has 0 saturated carbocycles. The van der Waals surface area contributed by atoms with E-state index in [4.69, 9.17) is 9.31 Å². The zero-order valence-electron chi connectivity index (χ0n) is 12.2. The van der Waals surface area contributed by atoms with Crippen molar-refractivity contribution in [2.75, 3.05) is 5.75 Å². The maximum Gasteiger partial charge on any atom is 0.491 e. The van der Waals surface area contributed by atoms with Crippen molar-refractivity contribution in [3.63, 3.8) is 0 Å². The molecule has 0 bridgehead atoms. The van der Waals surface area contributed by atoms with Gasteiger partial charge in [0.25, 0.3) is 0 Å². The molecule has 2 rings (SSSR count). The zero-order chi connectivity index (χ0) is 15.0. The molecule has 1 aliphatic heterocycles. The summed E-state index contributed by atoms with van der Waals surface area (Å²) in [7, 11) is -0.509. The molecular formula is C14H19BFNO2S. The predicted octanol–water partition coefficient (Wildman–Crippen LogP) is 3.17. The number of thiol groups is 1. The minimum atomic E-state index is -0.509. The summed E-state index contributed by atoms with van der Waals surface area (Å²) in [4.78, 5) is 3.74. The molecule has 2 heterocycles. The second-order valence-corrected chi connectivity index (χ2v) is 6.18. The minimum absolute atomic E-state index is 0.372. The van der Waals surface area contributed by atoms with Gasteiger partial charge in [0.2, 0.25) is 0 Å². The van der Waals surface area contributed by atoms with Gasteiger partial charge in [0.15, 0.2) is 0 Å². The normalized spacial score (nSPS) is 21.3. The number of hydrogen-bond donors (Lipinski definition) is 1. The van der Waals surface area contributed by atoms with Crippen molar-refractivity contribution >= 4 is 25.8 Å². The summed E-state index contributed by atoms with van der Waals surface area (Å²) in [5, 5.41) is 0. The van der Waals surface area contributed by atoms with Crippen molar-refractivity contribution in [3.8, 4) is 0 Å². The fourth-order valence-corrected chi connectivity index (χ4v) is 2.13. The molecule has 1 aromatic rings. The van der Waals surface area contributed by atoms with Gasteiger partial charge in [0, 0.05) is 17.5 Å². The van der Waals surface area contributed by atoms with Gasteiger partial charge in [0.1, 0.15) is 5.82 Å². The van der Waals surface area contributed by atoms with E-state index in [0.29, 0.717) is 11.3 Å². The monoisotopic (exact) mass is 295 g/mol. The van der Waals surface area contributed by atoms with E-state index in [9.17, 15) is 4.39 Å². The highest BCUT2D eigenvalue weighted by atomic mass is 32.1. The van der Waals surface area contributed by atoms with Crippen LogP contribution in [0.3, 0.4) is 0 Å². The van der Waals surface area contributed by atoms with E-state index >= 15 is 0 Å². The summed E-state index contributed by atoms with van der Waals surface area (Å²) in [6.45, 7) is 7.93. The van der Waals surface area contributed by atoms with Crippen molar-refractivity contribution in [2.45, 2.75) is 38.9 Å². The predicted molar refractivity (Wildman–Crippen MR) is 82.1 cm³/mol. The molecule has 1 saturated heterocycles. The quantitative estimate of drug-likeness (QED) is 0.686. The van der Waals surface area contributed by atoms with Crippen LogP contribution in [-0.2, 0) is 9.31 Å². The fourth-order valence-electron chi connectivity index (χ4n) is 1.89. The van der Waals surface area contributed by atoms with Crippen molar-refractivity contribution < 1.29 is 13.7 Å². The van der Waals surface area contributed by atoms with Gasteiger partial charge in [-0.3, -0.25) is 4.98 Å². The summed E-state index contributed by atoms with van der Waals surface area (Å²) in [5.74, 6) is 0.0572. The van der Waals surface area contributed by atoms with E-state index in [0.717, 1.165) is 5.47 Å². The molecular weight excluding hydrogens is 276 g/mol. The molecule has 0 aromatic carbocycles. The van der Waals surface area contributed by atoms with E-state index in [1.54, 1.807) is 18.3 Å². The van der Waals surface area contributed by atoms with Crippen LogP contribution in [-0.4, -0.2) is 29.1 Å². The Kier molecular flexibility index (Phi) is 4.28. The Hall–Kier alpha value is -0.845. The van der Waals surface area contributed by atoms with E-state index in [-0.39, 0.29) is 5.82 Å². The van der Waals surface area contributed by atoms with Crippen LogP contribution in [0.4, 0.5) is 4.39 Å². The number of aromatic nitrogens is 1. The van der Waals surface area contributed by atoms with Crippen LogP contribution >= 0.6 is 12.6 Å². The number of hydrogen-bond acceptors (Lipinski definition) is 4. The van der Waals surface area contributed by atoms with E-state index in [2.05, 4.69) is 17.6 Å². The molecule has 0 atom stereocenters. The van der Waals surface area contributed by atoms with Gasteiger partial charge in [0.05, 0.1) is 17.4 Å². The van der Waals surface area contributed by atoms with Crippen molar-refractivity contribution in [1.82, 2.24) is 4.98 Å². The first-order valence-electron chi connectivity index (χ1n) is 6.53. The second-order valence-electron chi connectivity index (χ2n) is 5.86. The van der Waals surface area contributed by atoms with Gasteiger partial charge in [-0.15, -0.1) is 0 Å². The van der Waals surface area contributed by atoms with Crippen molar-refractivity contribution in [2.24, 2.45) is 0 Å². The topological polar surface area (TPSA) is 31.4 Å². The summed E-state index contributed by atoms with van der Waals surface area (Å²) < 4.78 is 25.6. The van der Waals surface area contributed by atoms with Crippen molar-refractivity contribution in [1.29, 1.82) is 0 Å². The van der Waals surface area contributed by atoms with Gasteiger partial charge in [-0.2, -0.15) is 12.6 Å². The lowest BCUT2D eigenvalue weighted by Crippen LogP contribution is -2.41. The first kappa shape index (κ1) is 15.5. The molecule has 3 nitrogen and oxygen atoms in total. The molecule has 20 heavy (non-hydrogen) atoms.